The van der Waals surface area contributed by atoms with Crippen molar-refractivity contribution in [3.05, 3.63) is 35.1 Å². The minimum atomic E-state index is -0.421. The van der Waals surface area contributed by atoms with Crippen LogP contribution in [0.1, 0.15) is 28.8 Å². The number of aryl methyl sites for hydroxylation is 1. The predicted octanol–water partition coefficient (Wildman–Crippen LogP) is 2.38. The van der Waals surface area contributed by atoms with Gasteiger partial charge in [0, 0.05) is 19.1 Å². The van der Waals surface area contributed by atoms with Crippen molar-refractivity contribution in [2.75, 3.05) is 20.1 Å². The van der Waals surface area contributed by atoms with Gasteiger partial charge in [-0.2, -0.15) is 0 Å². The van der Waals surface area contributed by atoms with E-state index in [1.54, 1.807) is 17.0 Å². The highest BCUT2D eigenvalue weighted by Crippen LogP contribution is 2.16. The normalized spacial score (nSPS) is 16.1. The number of nitrogens with zero attached hydrogens (tertiary/aromatic N) is 1. The van der Waals surface area contributed by atoms with Crippen LogP contribution < -0.4 is 5.32 Å². The second-order valence-corrected chi connectivity index (χ2v) is 4.84. The van der Waals surface area contributed by atoms with Gasteiger partial charge >= 0.3 is 0 Å². The molecular weight excluding hydrogens is 267 g/mol. The minimum Gasteiger partial charge on any atom is -0.338 e. The summed E-state index contributed by atoms with van der Waals surface area (Å²) in [4.78, 5) is 13.9. The molecule has 5 heteroatoms. The monoisotopic (exact) mass is 286 g/mol. The van der Waals surface area contributed by atoms with Crippen molar-refractivity contribution in [3.63, 3.8) is 0 Å². The fourth-order valence-corrected chi connectivity index (χ4v) is 2.34. The summed E-state index contributed by atoms with van der Waals surface area (Å²) in [6.45, 7) is 3.20. The Morgan fingerprint density at radius 1 is 1.37 bits per heavy atom. The molecule has 1 aromatic rings. The molecule has 0 aromatic heterocycles. The molecule has 0 unspecified atom stereocenters. The first kappa shape index (κ1) is 15.9. The van der Waals surface area contributed by atoms with Gasteiger partial charge in [-0.15, -0.1) is 12.4 Å². The maximum atomic E-state index is 13.7. The smallest absolute Gasteiger partial charge is 0.256 e. The number of likely N-dealkylation sites (tertiary alicyclic amines) is 1. The highest BCUT2D eigenvalue weighted by Gasteiger charge is 2.24. The van der Waals surface area contributed by atoms with Gasteiger partial charge in [0.25, 0.3) is 5.91 Å². The van der Waals surface area contributed by atoms with Crippen molar-refractivity contribution in [2.24, 2.45) is 0 Å². The summed E-state index contributed by atoms with van der Waals surface area (Å²) < 4.78 is 13.7. The van der Waals surface area contributed by atoms with Gasteiger partial charge in [0.1, 0.15) is 5.82 Å². The third kappa shape index (κ3) is 3.67. The van der Waals surface area contributed by atoms with Gasteiger partial charge < -0.3 is 10.2 Å². The van der Waals surface area contributed by atoms with Crippen molar-refractivity contribution in [1.29, 1.82) is 0 Å². The highest BCUT2D eigenvalue weighted by molar-refractivity contribution is 5.94. The van der Waals surface area contributed by atoms with Crippen LogP contribution in [-0.2, 0) is 0 Å². The number of carbonyl (C=O) groups excluding carboxylic acids is 1. The average Bonchev–Trinajstić information content (AvgIpc) is 2.38. The Labute approximate surface area is 119 Å². The zero-order valence-electron chi connectivity index (χ0n) is 11.3. The number of benzene rings is 1. The SMILES string of the molecule is CNC1CCN(C(=O)c2ccc(C)cc2F)CC1.Cl. The first-order valence-electron chi connectivity index (χ1n) is 6.34. The average molecular weight is 287 g/mol. The number of piperidine rings is 1. The standard InChI is InChI=1S/C14H19FN2O.ClH/c1-10-3-4-12(13(15)9-10)14(18)17-7-5-11(16-2)6-8-17;/h3-4,9,11,16H,5-8H2,1-2H3;1H. The summed E-state index contributed by atoms with van der Waals surface area (Å²) in [7, 11) is 1.93. The van der Waals surface area contributed by atoms with Crippen LogP contribution in [0.3, 0.4) is 0 Å². The van der Waals surface area contributed by atoms with Crippen LogP contribution in [0, 0.1) is 12.7 Å². The molecule has 0 radical (unpaired) electrons. The lowest BCUT2D eigenvalue weighted by molar-refractivity contribution is 0.0702. The number of nitrogens with one attached hydrogen (secondary N) is 1. The maximum absolute atomic E-state index is 13.7. The van der Waals surface area contributed by atoms with E-state index in [-0.39, 0.29) is 23.9 Å². The summed E-state index contributed by atoms with van der Waals surface area (Å²) in [5, 5.41) is 3.21. The Hall–Kier alpha value is -1.13. The van der Waals surface area contributed by atoms with Crippen molar-refractivity contribution in [1.82, 2.24) is 10.2 Å². The lowest BCUT2D eigenvalue weighted by atomic mass is 10.0. The number of amides is 1. The topological polar surface area (TPSA) is 32.3 Å². The number of hydrogen-bond donors (Lipinski definition) is 1. The van der Waals surface area contributed by atoms with Crippen molar-refractivity contribution >= 4 is 18.3 Å². The molecule has 0 saturated carbocycles. The van der Waals surface area contributed by atoms with E-state index in [4.69, 9.17) is 0 Å². The fourth-order valence-electron chi connectivity index (χ4n) is 2.34. The Morgan fingerprint density at radius 2 is 2.00 bits per heavy atom. The zero-order chi connectivity index (χ0) is 13.1. The molecule has 0 atom stereocenters. The van der Waals surface area contributed by atoms with Crippen LogP contribution in [-0.4, -0.2) is 37.0 Å². The lowest BCUT2D eigenvalue weighted by Crippen LogP contribution is -2.44. The lowest BCUT2D eigenvalue weighted by Gasteiger charge is -2.31. The van der Waals surface area contributed by atoms with Crippen molar-refractivity contribution in [2.45, 2.75) is 25.8 Å². The maximum Gasteiger partial charge on any atom is 0.256 e. The van der Waals surface area contributed by atoms with Crippen molar-refractivity contribution in [3.8, 4) is 0 Å². The second-order valence-electron chi connectivity index (χ2n) is 4.84. The number of hydrogen-bond acceptors (Lipinski definition) is 2. The van der Waals surface area contributed by atoms with Gasteiger partial charge in [-0.25, -0.2) is 4.39 Å². The quantitative estimate of drug-likeness (QED) is 0.905. The summed E-state index contributed by atoms with van der Waals surface area (Å²) in [6.07, 6.45) is 1.85. The largest absolute Gasteiger partial charge is 0.338 e. The number of rotatable bonds is 2. The molecule has 0 bridgehead atoms. The van der Waals surface area contributed by atoms with Crippen LogP contribution in [0.2, 0.25) is 0 Å². The third-order valence-corrected chi connectivity index (χ3v) is 3.55. The van der Waals surface area contributed by atoms with Crippen LogP contribution in [0.15, 0.2) is 18.2 Å². The Morgan fingerprint density at radius 3 is 2.53 bits per heavy atom. The van der Waals surface area contributed by atoms with Crippen LogP contribution in [0.4, 0.5) is 4.39 Å². The van der Waals surface area contributed by atoms with Gasteiger partial charge in [0.05, 0.1) is 5.56 Å². The molecule has 19 heavy (non-hydrogen) atoms. The zero-order valence-corrected chi connectivity index (χ0v) is 12.1. The van der Waals surface area contributed by atoms with E-state index < -0.39 is 5.82 Å². The molecule has 106 valence electrons. The van der Waals surface area contributed by atoms with Crippen LogP contribution >= 0.6 is 12.4 Å². The fraction of sp³-hybridized carbons (Fsp3) is 0.500. The molecule has 2 rings (SSSR count). The molecular formula is C14H20ClFN2O. The first-order valence-corrected chi connectivity index (χ1v) is 6.34. The summed E-state index contributed by atoms with van der Waals surface area (Å²) in [6, 6.07) is 5.23. The van der Waals surface area contributed by atoms with E-state index in [0.717, 1.165) is 18.4 Å². The molecule has 1 N–H and O–H groups in total. The molecule has 1 amide bonds. The molecule has 1 aliphatic heterocycles. The summed E-state index contributed by atoms with van der Waals surface area (Å²) in [5.41, 5.74) is 1.02. The van der Waals surface area contributed by atoms with E-state index in [1.807, 2.05) is 14.0 Å². The van der Waals surface area contributed by atoms with E-state index in [1.165, 1.54) is 6.07 Å². The number of halogens is 2. The molecule has 3 nitrogen and oxygen atoms in total. The van der Waals surface area contributed by atoms with E-state index >= 15 is 0 Å². The van der Waals surface area contributed by atoms with Gasteiger partial charge in [0.2, 0.25) is 0 Å². The molecule has 1 aromatic carbocycles. The first-order chi connectivity index (χ1) is 8.61. The molecule has 0 aliphatic carbocycles. The highest BCUT2D eigenvalue weighted by atomic mass is 35.5. The van der Waals surface area contributed by atoms with E-state index in [2.05, 4.69) is 5.32 Å². The summed E-state index contributed by atoms with van der Waals surface area (Å²) in [5.74, 6) is -0.613. The van der Waals surface area contributed by atoms with Gasteiger partial charge in [-0.3, -0.25) is 4.79 Å². The Kier molecular flexibility index (Phi) is 5.76. The number of carbonyl (C=O) groups is 1. The third-order valence-electron chi connectivity index (χ3n) is 3.55. The molecule has 1 aliphatic rings. The van der Waals surface area contributed by atoms with Crippen LogP contribution in [0.5, 0.6) is 0 Å². The molecule has 1 saturated heterocycles. The van der Waals surface area contributed by atoms with E-state index in [0.29, 0.717) is 19.1 Å². The molecule has 1 heterocycles. The summed E-state index contributed by atoms with van der Waals surface area (Å²) >= 11 is 0. The minimum absolute atomic E-state index is 0. The van der Waals surface area contributed by atoms with E-state index in [9.17, 15) is 9.18 Å². The van der Waals surface area contributed by atoms with Gasteiger partial charge in [-0.05, 0) is 44.5 Å². The second kappa shape index (κ2) is 6.87. The van der Waals surface area contributed by atoms with Crippen molar-refractivity contribution < 1.29 is 9.18 Å². The van der Waals surface area contributed by atoms with Gasteiger partial charge in [0.15, 0.2) is 0 Å². The van der Waals surface area contributed by atoms with Gasteiger partial charge in [-0.1, -0.05) is 6.07 Å². The Balaban J connectivity index is 0.00000180. The molecule has 1 fully saturated rings. The Bertz CT molecular complexity index is 445. The van der Waals surface area contributed by atoms with Crippen LogP contribution in [0.25, 0.3) is 0 Å². The predicted molar refractivity (Wildman–Crippen MR) is 76.4 cm³/mol. The molecule has 0 spiro atoms.